The Kier molecular flexibility index (Phi) is 3.68. The van der Waals surface area contributed by atoms with Gasteiger partial charge in [0.25, 0.3) is 0 Å². The molecule has 9 heteroatoms. The predicted molar refractivity (Wildman–Crippen MR) is 63.8 cm³/mol. The lowest BCUT2D eigenvalue weighted by molar-refractivity contribution is -0.143. The molecule has 0 amide bonds. The molecule has 1 aliphatic heterocycles. The molecule has 21 heavy (non-hydrogen) atoms. The van der Waals surface area contributed by atoms with E-state index in [4.69, 9.17) is 5.73 Å². The van der Waals surface area contributed by atoms with Gasteiger partial charge in [-0.1, -0.05) is 0 Å². The molecule has 2 rings (SSSR count). The van der Waals surface area contributed by atoms with Crippen LogP contribution >= 0.6 is 0 Å². The number of nitrogens with two attached hydrogens (primary N) is 1. The first kappa shape index (κ1) is 15.3. The van der Waals surface area contributed by atoms with Crippen molar-refractivity contribution in [3.05, 3.63) is 34.9 Å². The van der Waals surface area contributed by atoms with E-state index in [0.717, 1.165) is 0 Å². The molecule has 114 valence electrons. The number of alkyl halides is 6. The summed E-state index contributed by atoms with van der Waals surface area (Å²) in [6, 6.07) is 1.33. The number of rotatable bonds is 1. The maximum atomic E-state index is 12.7. The van der Waals surface area contributed by atoms with Crippen molar-refractivity contribution in [3.63, 3.8) is 0 Å². The Bertz CT molecular complexity index is 580. The van der Waals surface area contributed by atoms with E-state index in [1.807, 2.05) is 0 Å². The van der Waals surface area contributed by atoms with Gasteiger partial charge in [0.15, 0.2) is 0 Å². The van der Waals surface area contributed by atoms with E-state index in [2.05, 4.69) is 10.2 Å². The molecule has 0 radical (unpaired) electrons. The van der Waals surface area contributed by atoms with Crippen LogP contribution in [0.5, 0.6) is 0 Å². The van der Waals surface area contributed by atoms with Crippen LogP contribution < -0.4 is 5.73 Å². The van der Waals surface area contributed by atoms with Gasteiger partial charge in [-0.3, -0.25) is 0 Å². The number of halogens is 6. The summed E-state index contributed by atoms with van der Waals surface area (Å²) in [5, 5.41) is 7.06. The smallest absolute Gasteiger partial charge is 0.386 e. The maximum absolute atomic E-state index is 12.7. The van der Waals surface area contributed by atoms with Gasteiger partial charge >= 0.3 is 12.4 Å². The predicted octanol–water partition coefficient (Wildman–Crippen LogP) is 3.58. The molecule has 0 spiro atoms. The molecule has 1 aromatic rings. The van der Waals surface area contributed by atoms with Gasteiger partial charge in [0, 0.05) is 6.42 Å². The molecule has 1 aliphatic rings. The number of benzene rings is 1. The van der Waals surface area contributed by atoms with E-state index < -0.39 is 23.5 Å². The van der Waals surface area contributed by atoms with Gasteiger partial charge in [0.1, 0.15) is 5.84 Å². The highest BCUT2D eigenvalue weighted by Crippen LogP contribution is 2.36. The summed E-state index contributed by atoms with van der Waals surface area (Å²) in [6.07, 6.45) is -9.40. The summed E-state index contributed by atoms with van der Waals surface area (Å²) in [5.41, 5.74) is 2.39. The Morgan fingerprint density at radius 3 is 1.71 bits per heavy atom. The fourth-order valence-electron chi connectivity index (χ4n) is 1.79. The van der Waals surface area contributed by atoms with Gasteiger partial charge in [0.2, 0.25) is 0 Å². The summed E-state index contributed by atoms with van der Waals surface area (Å²) < 4.78 is 76.3. The van der Waals surface area contributed by atoms with Crippen LogP contribution in [0, 0.1) is 0 Å². The lowest BCUT2D eigenvalue weighted by Crippen LogP contribution is -2.19. The number of hydrogen-bond donors (Lipinski definition) is 1. The van der Waals surface area contributed by atoms with Gasteiger partial charge in [-0.2, -0.15) is 31.4 Å². The van der Waals surface area contributed by atoms with Crippen LogP contribution in [0.3, 0.4) is 0 Å². The Morgan fingerprint density at radius 1 is 0.810 bits per heavy atom. The zero-order valence-electron chi connectivity index (χ0n) is 10.4. The second-order valence-electron chi connectivity index (χ2n) is 4.43. The van der Waals surface area contributed by atoms with Crippen LogP contribution in [0.25, 0.3) is 0 Å². The van der Waals surface area contributed by atoms with Crippen molar-refractivity contribution in [2.45, 2.75) is 25.2 Å². The van der Waals surface area contributed by atoms with Crippen LogP contribution in [0.1, 0.15) is 29.5 Å². The minimum absolute atomic E-state index is 0.0424. The fourth-order valence-corrected chi connectivity index (χ4v) is 1.79. The summed E-state index contributed by atoms with van der Waals surface area (Å²) in [5.74, 6) is 0.182. The van der Waals surface area contributed by atoms with Crippen LogP contribution in [-0.2, 0) is 12.4 Å². The quantitative estimate of drug-likeness (QED) is 0.792. The van der Waals surface area contributed by atoms with Gasteiger partial charge in [0.05, 0.1) is 16.8 Å². The third-order valence-corrected chi connectivity index (χ3v) is 2.84. The SMILES string of the molecule is NC1=NN=C(c2cc(C(F)(F)F)cc(C(F)(F)F)c2)CC1. The molecule has 1 aromatic carbocycles. The monoisotopic (exact) mass is 309 g/mol. The normalized spacial score (nSPS) is 16.5. The Labute approximate surface area is 115 Å². The van der Waals surface area contributed by atoms with Gasteiger partial charge in [-0.25, -0.2) is 0 Å². The molecule has 0 aliphatic carbocycles. The van der Waals surface area contributed by atoms with Gasteiger partial charge in [-0.05, 0) is 30.2 Å². The Balaban J connectivity index is 2.56. The van der Waals surface area contributed by atoms with E-state index in [0.29, 0.717) is 12.1 Å². The van der Waals surface area contributed by atoms with E-state index in [1.54, 1.807) is 0 Å². The Morgan fingerprint density at radius 2 is 1.33 bits per heavy atom. The van der Waals surface area contributed by atoms with E-state index in [1.165, 1.54) is 0 Å². The van der Waals surface area contributed by atoms with E-state index in [9.17, 15) is 26.3 Å². The van der Waals surface area contributed by atoms with Crippen molar-refractivity contribution in [1.82, 2.24) is 0 Å². The minimum Gasteiger partial charge on any atom is -0.386 e. The molecular formula is C12H9F6N3. The molecule has 2 N–H and O–H groups in total. The molecule has 0 saturated carbocycles. The van der Waals surface area contributed by atoms with E-state index >= 15 is 0 Å². The molecule has 0 atom stereocenters. The molecule has 1 heterocycles. The summed E-state index contributed by atoms with van der Waals surface area (Å²) in [4.78, 5) is 0. The standard InChI is InChI=1S/C12H9F6N3/c13-11(14,15)7-3-6(4-8(5-7)12(16,17)18)9-1-2-10(19)21-20-9/h3-5H,1-2H2,(H2,19,21). The first-order valence-corrected chi connectivity index (χ1v) is 5.76. The summed E-state index contributed by atoms with van der Waals surface area (Å²) in [6.45, 7) is 0. The summed E-state index contributed by atoms with van der Waals surface area (Å²) >= 11 is 0. The van der Waals surface area contributed by atoms with Crippen LogP contribution in [-0.4, -0.2) is 11.5 Å². The molecule has 0 bridgehead atoms. The highest BCUT2D eigenvalue weighted by atomic mass is 19.4. The van der Waals surface area contributed by atoms with Gasteiger partial charge < -0.3 is 5.73 Å². The van der Waals surface area contributed by atoms with Crippen LogP contribution in [0.4, 0.5) is 26.3 Å². The third-order valence-electron chi connectivity index (χ3n) is 2.84. The maximum Gasteiger partial charge on any atom is 0.416 e. The van der Waals surface area contributed by atoms with Crippen molar-refractivity contribution in [3.8, 4) is 0 Å². The van der Waals surface area contributed by atoms with Crippen molar-refractivity contribution >= 4 is 11.5 Å². The Hall–Kier alpha value is -2.06. The second kappa shape index (κ2) is 5.05. The lowest BCUT2D eigenvalue weighted by Gasteiger charge is -2.16. The molecular weight excluding hydrogens is 300 g/mol. The molecule has 0 fully saturated rings. The largest absolute Gasteiger partial charge is 0.416 e. The average Bonchev–Trinajstić information content (AvgIpc) is 2.37. The molecule has 3 nitrogen and oxygen atoms in total. The van der Waals surface area contributed by atoms with Crippen molar-refractivity contribution in [1.29, 1.82) is 0 Å². The minimum atomic E-state index is -4.88. The van der Waals surface area contributed by atoms with Gasteiger partial charge in [-0.15, -0.1) is 5.10 Å². The van der Waals surface area contributed by atoms with Crippen molar-refractivity contribution in [2.75, 3.05) is 0 Å². The second-order valence-corrected chi connectivity index (χ2v) is 4.43. The summed E-state index contributed by atoms with van der Waals surface area (Å²) in [7, 11) is 0. The zero-order chi connectivity index (χ0) is 15.8. The van der Waals surface area contributed by atoms with Crippen molar-refractivity contribution in [2.24, 2.45) is 15.9 Å². The topological polar surface area (TPSA) is 50.7 Å². The first-order valence-electron chi connectivity index (χ1n) is 5.76. The lowest BCUT2D eigenvalue weighted by atomic mass is 9.98. The number of hydrogen-bond acceptors (Lipinski definition) is 3. The van der Waals surface area contributed by atoms with Crippen molar-refractivity contribution < 1.29 is 26.3 Å². The first-order chi connectivity index (χ1) is 9.57. The van der Waals surface area contributed by atoms with Crippen LogP contribution in [0.15, 0.2) is 28.4 Å². The molecule has 0 aromatic heterocycles. The average molecular weight is 309 g/mol. The number of amidine groups is 1. The zero-order valence-corrected chi connectivity index (χ0v) is 10.4. The fraction of sp³-hybridized carbons (Fsp3) is 0.333. The highest BCUT2D eigenvalue weighted by Gasteiger charge is 2.37. The highest BCUT2D eigenvalue weighted by molar-refractivity contribution is 6.04. The molecule has 0 unspecified atom stereocenters. The number of nitrogens with zero attached hydrogens (tertiary/aromatic N) is 2. The molecule has 0 saturated heterocycles. The van der Waals surface area contributed by atoms with Crippen LogP contribution in [0.2, 0.25) is 0 Å². The third kappa shape index (κ3) is 3.53. The van der Waals surface area contributed by atoms with E-state index in [-0.39, 0.29) is 36.0 Å².